The van der Waals surface area contributed by atoms with Gasteiger partial charge in [0.2, 0.25) is 5.91 Å². The van der Waals surface area contributed by atoms with Crippen LogP contribution in [-0.4, -0.2) is 23.3 Å². The lowest BCUT2D eigenvalue weighted by atomic mass is 9.95. The molecule has 5 nitrogen and oxygen atoms in total. The smallest absolute Gasteiger partial charge is 0.225 e. The van der Waals surface area contributed by atoms with E-state index in [2.05, 4.69) is 11.4 Å². The van der Waals surface area contributed by atoms with Gasteiger partial charge in [0.05, 0.1) is 17.9 Å². The van der Waals surface area contributed by atoms with Crippen LogP contribution in [0.4, 0.5) is 5.69 Å². The van der Waals surface area contributed by atoms with Crippen molar-refractivity contribution in [2.75, 3.05) is 17.7 Å². The molecule has 140 valence electrons. The summed E-state index contributed by atoms with van der Waals surface area (Å²) in [6.07, 6.45) is 4.63. The summed E-state index contributed by atoms with van der Waals surface area (Å²) < 4.78 is 5.53. The molecule has 1 aliphatic carbocycles. The number of aromatic nitrogens is 1. The highest BCUT2D eigenvalue weighted by Crippen LogP contribution is 2.28. The van der Waals surface area contributed by atoms with E-state index in [-0.39, 0.29) is 5.91 Å². The van der Waals surface area contributed by atoms with Crippen molar-refractivity contribution >= 4 is 23.4 Å². The largest absolute Gasteiger partial charge is 0.492 e. The lowest BCUT2D eigenvalue weighted by Gasteiger charge is -2.16. The number of amides is 1. The molecule has 6 heteroatoms. The van der Waals surface area contributed by atoms with Crippen molar-refractivity contribution in [3.63, 3.8) is 0 Å². The second-order valence-corrected chi connectivity index (χ2v) is 7.43. The summed E-state index contributed by atoms with van der Waals surface area (Å²) in [5.74, 6) is 1.17. The molecule has 27 heavy (non-hydrogen) atoms. The molecule has 0 unspecified atom stereocenters. The zero-order valence-corrected chi connectivity index (χ0v) is 16.3. The highest BCUT2D eigenvalue weighted by Gasteiger charge is 2.16. The van der Waals surface area contributed by atoms with E-state index in [1.165, 1.54) is 17.3 Å². The Balaban J connectivity index is 1.58. The fourth-order valence-electron chi connectivity index (χ4n) is 3.11. The zero-order valence-electron chi connectivity index (χ0n) is 15.5. The third-order valence-electron chi connectivity index (χ3n) is 4.42. The maximum Gasteiger partial charge on any atom is 0.225 e. The topological polar surface area (TPSA) is 75.0 Å². The van der Waals surface area contributed by atoms with E-state index < -0.39 is 0 Å². The van der Waals surface area contributed by atoms with Gasteiger partial charge in [0.15, 0.2) is 0 Å². The first-order valence-electron chi connectivity index (χ1n) is 9.28. The van der Waals surface area contributed by atoms with E-state index in [0.717, 1.165) is 36.4 Å². The molecular formula is C21H23N3O2S. The molecule has 0 saturated carbocycles. The molecule has 0 spiro atoms. The Labute approximate surface area is 164 Å². The molecule has 0 fully saturated rings. The molecule has 1 aromatic carbocycles. The Bertz CT molecular complexity index is 861. The summed E-state index contributed by atoms with van der Waals surface area (Å²) in [5.41, 5.74) is 3.60. The number of fused-ring (bicyclic) bond motifs is 1. The van der Waals surface area contributed by atoms with Gasteiger partial charge in [0.1, 0.15) is 16.8 Å². The first-order valence-corrected chi connectivity index (χ1v) is 10.3. The van der Waals surface area contributed by atoms with Gasteiger partial charge in [0, 0.05) is 17.9 Å². The number of aryl methyl sites for hydroxylation is 2. The van der Waals surface area contributed by atoms with Crippen LogP contribution in [0, 0.1) is 11.3 Å². The molecule has 0 bridgehead atoms. The number of rotatable bonds is 7. The number of carbonyl (C=O) groups is 1. The van der Waals surface area contributed by atoms with Crippen molar-refractivity contribution in [2.45, 2.75) is 44.1 Å². The maximum atomic E-state index is 12.3. The van der Waals surface area contributed by atoms with Crippen LogP contribution in [0.3, 0.4) is 0 Å². The minimum atomic E-state index is -0.0777. The number of carbonyl (C=O) groups excluding carboxylic acids is 1. The number of nitrogens with one attached hydrogen (secondary N) is 1. The Morgan fingerprint density at radius 3 is 2.96 bits per heavy atom. The molecule has 0 aliphatic heterocycles. The average molecular weight is 382 g/mol. The van der Waals surface area contributed by atoms with Crippen LogP contribution in [0.1, 0.15) is 43.0 Å². The van der Waals surface area contributed by atoms with Crippen LogP contribution in [0.15, 0.2) is 35.4 Å². The maximum absolute atomic E-state index is 12.3. The van der Waals surface area contributed by atoms with E-state index in [0.29, 0.717) is 35.8 Å². The van der Waals surface area contributed by atoms with Gasteiger partial charge in [0.25, 0.3) is 0 Å². The average Bonchev–Trinajstić information content (AvgIpc) is 2.69. The van der Waals surface area contributed by atoms with Gasteiger partial charge < -0.3 is 10.1 Å². The van der Waals surface area contributed by atoms with E-state index in [1.54, 1.807) is 0 Å². The summed E-state index contributed by atoms with van der Waals surface area (Å²) >= 11 is 1.47. The van der Waals surface area contributed by atoms with E-state index in [1.807, 2.05) is 37.3 Å². The first kappa shape index (κ1) is 19.2. The fourth-order valence-corrected chi connectivity index (χ4v) is 4.02. The quantitative estimate of drug-likeness (QED) is 0.722. The SMILES string of the molecule is CCOc1ccccc1NC(=O)CCSc1nc2c(cc1C#N)CCCC2. The van der Waals surface area contributed by atoms with Crippen LogP contribution in [0.25, 0.3) is 0 Å². The minimum Gasteiger partial charge on any atom is -0.492 e. The van der Waals surface area contributed by atoms with Crippen molar-refractivity contribution in [1.29, 1.82) is 5.26 Å². The molecule has 0 atom stereocenters. The second kappa shape index (κ2) is 9.43. The Morgan fingerprint density at radius 2 is 2.15 bits per heavy atom. The Morgan fingerprint density at radius 1 is 1.33 bits per heavy atom. The highest BCUT2D eigenvalue weighted by molar-refractivity contribution is 7.99. The summed E-state index contributed by atoms with van der Waals surface area (Å²) in [6, 6.07) is 11.6. The lowest BCUT2D eigenvalue weighted by molar-refractivity contribution is -0.115. The standard InChI is InChI=1S/C21H23N3O2S/c1-2-26-19-10-6-5-9-18(19)23-20(25)11-12-27-21-16(14-22)13-15-7-3-4-8-17(15)24-21/h5-6,9-10,13H,2-4,7-8,11-12H2,1H3,(H,23,25). The summed E-state index contributed by atoms with van der Waals surface area (Å²) in [7, 11) is 0. The number of pyridine rings is 1. The van der Waals surface area contributed by atoms with Gasteiger partial charge in [-0.25, -0.2) is 4.98 Å². The predicted molar refractivity (Wildman–Crippen MR) is 107 cm³/mol. The van der Waals surface area contributed by atoms with E-state index in [9.17, 15) is 10.1 Å². The number of nitriles is 1. The minimum absolute atomic E-state index is 0.0777. The van der Waals surface area contributed by atoms with Crippen LogP contribution in [0.5, 0.6) is 5.75 Å². The molecule has 0 saturated heterocycles. The second-order valence-electron chi connectivity index (χ2n) is 6.34. The molecule has 1 amide bonds. The number of para-hydroxylation sites is 2. The Kier molecular flexibility index (Phi) is 6.72. The third-order valence-corrected chi connectivity index (χ3v) is 5.41. The third kappa shape index (κ3) is 5.01. The van der Waals surface area contributed by atoms with Crippen molar-refractivity contribution in [3.8, 4) is 11.8 Å². The van der Waals surface area contributed by atoms with E-state index >= 15 is 0 Å². The van der Waals surface area contributed by atoms with Crippen molar-refractivity contribution in [3.05, 3.63) is 47.2 Å². The van der Waals surface area contributed by atoms with Gasteiger partial charge in [-0.3, -0.25) is 4.79 Å². The number of hydrogen-bond donors (Lipinski definition) is 1. The predicted octanol–water partition coefficient (Wildman–Crippen LogP) is 4.35. The molecule has 1 heterocycles. The monoisotopic (exact) mass is 381 g/mol. The van der Waals surface area contributed by atoms with Gasteiger partial charge in [-0.05, 0) is 56.4 Å². The molecule has 1 aromatic heterocycles. The number of ether oxygens (including phenoxy) is 1. The molecule has 0 radical (unpaired) electrons. The number of nitrogens with zero attached hydrogens (tertiary/aromatic N) is 2. The van der Waals surface area contributed by atoms with Gasteiger partial charge in [-0.2, -0.15) is 5.26 Å². The van der Waals surface area contributed by atoms with Crippen molar-refractivity contribution < 1.29 is 9.53 Å². The highest BCUT2D eigenvalue weighted by atomic mass is 32.2. The van der Waals surface area contributed by atoms with E-state index in [4.69, 9.17) is 9.72 Å². The molecule has 3 rings (SSSR count). The fraction of sp³-hybridized carbons (Fsp3) is 0.381. The molecule has 1 aliphatic rings. The number of hydrogen-bond acceptors (Lipinski definition) is 5. The van der Waals surface area contributed by atoms with Crippen molar-refractivity contribution in [2.24, 2.45) is 0 Å². The lowest BCUT2D eigenvalue weighted by Crippen LogP contribution is -2.13. The van der Waals surface area contributed by atoms with Gasteiger partial charge in [-0.15, -0.1) is 11.8 Å². The van der Waals surface area contributed by atoms with Crippen LogP contribution in [0.2, 0.25) is 0 Å². The van der Waals surface area contributed by atoms with Crippen LogP contribution in [-0.2, 0) is 17.6 Å². The van der Waals surface area contributed by atoms with Crippen LogP contribution < -0.4 is 10.1 Å². The number of benzene rings is 1. The zero-order chi connectivity index (χ0) is 19.1. The Hall–Kier alpha value is -2.52. The molecular weight excluding hydrogens is 358 g/mol. The normalized spacial score (nSPS) is 12.7. The number of anilines is 1. The van der Waals surface area contributed by atoms with Crippen LogP contribution >= 0.6 is 11.8 Å². The van der Waals surface area contributed by atoms with Gasteiger partial charge >= 0.3 is 0 Å². The number of thioether (sulfide) groups is 1. The first-order chi connectivity index (χ1) is 13.2. The molecule has 1 N–H and O–H groups in total. The van der Waals surface area contributed by atoms with Crippen molar-refractivity contribution in [1.82, 2.24) is 4.98 Å². The summed E-state index contributed by atoms with van der Waals surface area (Å²) in [6.45, 7) is 2.46. The summed E-state index contributed by atoms with van der Waals surface area (Å²) in [4.78, 5) is 17.0. The molecule has 2 aromatic rings. The summed E-state index contributed by atoms with van der Waals surface area (Å²) in [5, 5.41) is 13.0. The van der Waals surface area contributed by atoms with Gasteiger partial charge in [-0.1, -0.05) is 12.1 Å².